The van der Waals surface area contributed by atoms with Gasteiger partial charge in [0.05, 0.1) is 13.7 Å². The number of rotatable bonds is 7. The molecule has 1 saturated heterocycles. The van der Waals surface area contributed by atoms with Crippen molar-refractivity contribution in [2.24, 2.45) is 5.92 Å². The molecule has 0 aliphatic carbocycles. The Morgan fingerprint density at radius 3 is 2.44 bits per heavy atom. The molecule has 1 fully saturated rings. The second-order valence-electron chi connectivity index (χ2n) is 7.58. The van der Waals surface area contributed by atoms with Crippen LogP contribution < -0.4 is 15.2 Å². The Kier molecular flexibility index (Phi) is 6.24. The van der Waals surface area contributed by atoms with Crippen molar-refractivity contribution < 1.29 is 14.6 Å². The van der Waals surface area contributed by atoms with Crippen LogP contribution in [0.1, 0.15) is 25.3 Å². The van der Waals surface area contributed by atoms with Gasteiger partial charge in [-0.05, 0) is 62.0 Å². The lowest BCUT2D eigenvalue weighted by molar-refractivity contribution is -0.140. The second kappa shape index (κ2) is 8.63. The van der Waals surface area contributed by atoms with E-state index in [0.717, 1.165) is 43.8 Å². The number of aliphatic hydroxyl groups is 1. The van der Waals surface area contributed by atoms with Gasteiger partial charge in [0.15, 0.2) is 0 Å². The Morgan fingerprint density at radius 1 is 1.11 bits per heavy atom. The fraction of sp³-hybridized carbons (Fsp3) is 0.455. The van der Waals surface area contributed by atoms with Crippen LogP contribution in [0.15, 0.2) is 48.5 Å². The minimum absolute atomic E-state index is 0.499. The average molecular weight is 370 g/mol. The minimum Gasteiger partial charge on any atom is -0.497 e. The highest BCUT2D eigenvalue weighted by atomic mass is 16.6. The van der Waals surface area contributed by atoms with Crippen LogP contribution in [0.4, 0.5) is 5.69 Å². The van der Waals surface area contributed by atoms with Crippen LogP contribution in [0.3, 0.4) is 0 Å². The van der Waals surface area contributed by atoms with Gasteiger partial charge in [0.2, 0.25) is 5.79 Å². The number of β-amino-alcohol motifs (C(OH)–C–C–N with tert-alkyl or cyclic N) is 1. The predicted molar refractivity (Wildman–Crippen MR) is 108 cm³/mol. The number of likely N-dealkylation sites (tertiary alicyclic amines) is 1. The molecule has 3 N–H and O–H groups in total. The summed E-state index contributed by atoms with van der Waals surface area (Å²) in [5.41, 5.74) is 8.15. The van der Waals surface area contributed by atoms with Crippen molar-refractivity contribution in [2.75, 3.05) is 32.5 Å². The van der Waals surface area contributed by atoms with Crippen molar-refractivity contribution in [2.45, 2.75) is 32.0 Å². The third-order valence-corrected chi connectivity index (χ3v) is 5.17. The molecule has 0 amide bonds. The largest absolute Gasteiger partial charge is 0.497 e. The van der Waals surface area contributed by atoms with Gasteiger partial charge in [-0.1, -0.05) is 24.3 Å². The van der Waals surface area contributed by atoms with Crippen LogP contribution in [-0.4, -0.2) is 42.5 Å². The second-order valence-corrected chi connectivity index (χ2v) is 7.58. The first-order valence-corrected chi connectivity index (χ1v) is 9.56. The van der Waals surface area contributed by atoms with Crippen LogP contribution >= 0.6 is 0 Å². The molecule has 3 rings (SSSR count). The van der Waals surface area contributed by atoms with Gasteiger partial charge in [0, 0.05) is 18.7 Å². The van der Waals surface area contributed by atoms with Gasteiger partial charge in [0.1, 0.15) is 11.5 Å². The lowest BCUT2D eigenvalue weighted by Gasteiger charge is -2.36. The van der Waals surface area contributed by atoms with Crippen LogP contribution in [0, 0.1) is 5.92 Å². The number of anilines is 1. The molecule has 1 aliphatic heterocycles. The van der Waals surface area contributed by atoms with Crippen molar-refractivity contribution in [3.63, 3.8) is 0 Å². The van der Waals surface area contributed by atoms with Crippen LogP contribution in [0.2, 0.25) is 0 Å². The molecule has 2 aromatic carbocycles. The van der Waals surface area contributed by atoms with Gasteiger partial charge in [-0.15, -0.1) is 0 Å². The molecular weight excluding hydrogens is 340 g/mol. The molecule has 1 unspecified atom stereocenters. The zero-order valence-electron chi connectivity index (χ0n) is 16.2. The number of nitrogens with two attached hydrogens (primary N) is 1. The summed E-state index contributed by atoms with van der Waals surface area (Å²) in [4.78, 5) is 2.27. The molecule has 1 atom stereocenters. The molecule has 5 heteroatoms. The summed E-state index contributed by atoms with van der Waals surface area (Å²) in [5.74, 6) is 0.894. The van der Waals surface area contributed by atoms with E-state index in [1.807, 2.05) is 42.5 Å². The van der Waals surface area contributed by atoms with E-state index in [1.54, 1.807) is 14.0 Å². The Labute approximate surface area is 161 Å². The molecule has 5 nitrogen and oxygen atoms in total. The van der Waals surface area contributed by atoms with E-state index in [9.17, 15) is 5.11 Å². The molecule has 146 valence electrons. The van der Waals surface area contributed by atoms with E-state index in [2.05, 4.69) is 11.0 Å². The number of ether oxygens (including phenoxy) is 2. The zero-order valence-corrected chi connectivity index (χ0v) is 16.2. The molecule has 1 heterocycles. The van der Waals surface area contributed by atoms with Crippen LogP contribution in [0.5, 0.6) is 11.5 Å². The smallest absolute Gasteiger partial charge is 0.218 e. The molecule has 27 heavy (non-hydrogen) atoms. The van der Waals surface area contributed by atoms with Crippen molar-refractivity contribution in [1.29, 1.82) is 0 Å². The van der Waals surface area contributed by atoms with Gasteiger partial charge < -0.3 is 20.3 Å². The van der Waals surface area contributed by atoms with E-state index in [1.165, 1.54) is 5.56 Å². The normalized spacial score (nSPS) is 18.0. The highest BCUT2D eigenvalue weighted by molar-refractivity contribution is 5.51. The first-order chi connectivity index (χ1) is 12.9. The average Bonchev–Trinajstić information content (AvgIpc) is 2.65. The first kappa shape index (κ1) is 19.5. The highest BCUT2D eigenvalue weighted by Crippen LogP contribution is 2.27. The lowest BCUT2D eigenvalue weighted by atomic mass is 9.89. The summed E-state index contributed by atoms with van der Waals surface area (Å²) < 4.78 is 11.0. The van der Waals surface area contributed by atoms with Gasteiger partial charge >= 0.3 is 0 Å². The molecule has 0 saturated carbocycles. The fourth-order valence-electron chi connectivity index (χ4n) is 3.74. The van der Waals surface area contributed by atoms with Crippen molar-refractivity contribution >= 4 is 5.69 Å². The lowest BCUT2D eigenvalue weighted by Crippen LogP contribution is -2.47. The Morgan fingerprint density at radius 2 is 1.81 bits per heavy atom. The van der Waals surface area contributed by atoms with Gasteiger partial charge in [-0.2, -0.15) is 0 Å². The maximum absolute atomic E-state index is 10.6. The fourth-order valence-corrected chi connectivity index (χ4v) is 3.74. The van der Waals surface area contributed by atoms with E-state index in [-0.39, 0.29) is 0 Å². The number of methoxy groups -OCH3 is 1. The summed E-state index contributed by atoms with van der Waals surface area (Å²) in [6, 6.07) is 15.4. The number of hydrogen-bond donors (Lipinski definition) is 2. The summed E-state index contributed by atoms with van der Waals surface area (Å²) in [5, 5.41) is 10.6. The number of para-hydroxylation sites is 1. The molecule has 2 aromatic rings. The Hall–Kier alpha value is -2.24. The predicted octanol–water partition coefficient (Wildman–Crippen LogP) is 3.32. The third-order valence-electron chi connectivity index (χ3n) is 5.17. The maximum atomic E-state index is 10.6. The van der Waals surface area contributed by atoms with Gasteiger partial charge in [0.25, 0.3) is 0 Å². The van der Waals surface area contributed by atoms with E-state index in [4.69, 9.17) is 15.2 Å². The van der Waals surface area contributed by atoms with Crippen LogP contribution in [-0.2, 0) is 6.42 Å². The summed E-state index contributed by atoms with van der Waals surface area (Å²) in [7, 11) is 1.65. The number of nitrogen functional groups attached to an aromatic ring is 1. The number of benzene rings is 2. The standard InChI is InChI=1S/C22H30N2O3/c1-22(25,27-19-6-4-3-5-7-19)16-24-12-10-17(11-13-24)14-18-8-9-20(26-2)15-21(18)23/h3-9,15,17,25H,10-14,16,23H2,1-2H3. The monoisotopic (exact) mass is 370 g/mol. The molecule has 0 bridgehead atoms. The van der Waals surface area contributed by atoms with Crippen molar-refractivity contribution in [3.8, 4) is 11.5 Å². The van der Waals surface area contributed by atoms with Crippen molar-refractivity contribution in [1.82, 2.24) is 4.90 Å². The van der Waals surface area contributed by atoms with Crippen LogP contribution in [0.25, 0.3) is 0 Å². The Balaban J connectivity index is 1.48. The first-order valence-electron chi connectivity index (χ1n) is 9.56. The molecule has 1 aliphatic rings. The molecule has 0 spiro atoms. The maximum Gasteiger partial charge on any atom is 0.218 e. The van der Waals surface area contributed by atoms with E-state index < -0.39 is 5.79 Å². The highest BCUT2D eigenvalue weighted by Gasteiger charge is 2.29. The van der Waals surface area contributed by atoms with Gasteiger partial charge in [-0.3, -0.25) is 4.90 Å². The summed E-state index contributed by atoms with van der Waals surface area (Å²) in [6.45, 7) is 4.13. The minimum atomic E-state index is -1.20. The topological polar surface area (TPSA) is 68.0 Å². The third kappa shape index (κ3) is 5.62. The molecular formula is C22H30N2O3. The van der Waals surface area contributed by atoms with E-state index in [0.29, 0.717) is 18.2 Å². The molecule has 0 aromatic heterocycles. The number of hydrogen-bond acceptors (Lipinski definition) is 5. The Bertz CT molecular complexity index is 726. The summed E-state index contributed by atoms with van der Waals surface area (Å²) in [6.07, 6.45) is 3.17. The quantitative estimate of drug-likeness (QED) is 0.578. The van der Waals surface area contributed by atoms with E-state index >= 15 is 0 Å². The molecule has 0 radical (unpaired) electrons. The number of nitrogens with zero attached hydrogens (tertiary/aromatic N) is 1. The zero-order chi connectivity index (χ0) is 19.3. The SMILES string of the molecule is COc1ccc(CC2CCN(CC(C)(O)Oc3ccccc3)CC2)c(N)c1. The van der Waals surface area contributed by atoms with Gasteiger partial charge in [-0.25, -0.2) is 0 Å². The van der Waals surface area contributed by atoms with Crippen molar-refractivity contribution in [3.05, 3.63) is 54.1 Å². The number of piperidine rings is 1. The summed E-state index contributed by atoms with van der Waals surface area (Å²) >= 11 is 0.